The molecule has 194 valence electrons. The fourth-order valence-electron chi connectivity index (χ4n) is 6.57. The lowest BCUT2D eigenvalue weighted by molar-refractivity contribution is 0.222. The van der Waals surface area contributed by atoms with Crippen LogP contribution in [0.1, 0.15) is 54.4 Å². The van der Waals surface area contributed by atoms with Gasteiger partial charge in [-0.05, 0) is 105 Å². The molecule has 1 aliphatic heterocycles. The molecule has 1 atom stereocenters. The third kappa shape index (κ3) is 4.32. The second-order valence-electron chi connectivity index (χ2n) is 10.8. The second kappa shape index (κ2) is 9.83. The van der Waals surface area contributed by atoms with Gasteiger partial charge in [0.25, 0.3) is 0 Å². The van der Waals surface area contributed by atoms with E-state index in [1.807, 2.05) is 0 Å². The van der Waals surface area contributed by atoms with E-state index in [0.29, 0.717) is 23.8 Å². The minimum absolute atomic E-state index is 0.298. The fraction of sp³-hybridized carbons (Fsp3) is 0.400. The molecule has 3 aliphatic rings. The summed E-state index contributed by atoms with van der Waals surface area (Å²) in [5.41, 5.74) is 14.9. The van der Waals surface area contributed by atoms with E-state index < -0.39 is 0 Å². The van der Waals surface area contributed by atoms with Crippen LogP contribution < -0.4 is 11.1 Å². The van der Waals surface area contributed by atoms with Gasteiger partial charge in [-0.2, -0.15) is 9.67 Å². The van der Waals surface area contributed by atoms with E-state index in [2.05, 4.69) is 73.9 Å². The molecule has 0 bridgehead atoms. The van der Waals surface area contributed by atoms with Gasteiger partial charge in [-0.3, -0.25) is 0 Å². The average Bonchev–Trinajstić information content (AvgIpc) is 3.49. The molecule has 3 heterocycles. The summed E-state index contributed by atoms with van der Waals surface area (Å²) in [6.45, 7) is 2.51. The highest BCUT2D eigenvalue weighted by Gasteiger charge is 2.26. The van der Waals surface area contributed by atoms with Crippen molar-refractivity contribution in [2.75, 3.05) is 24.1 Å². The Morgan fingerprint density at radius 2 is 1.63 bits per heavy atom. The van der Waals surface area contributed by atoms with Crippen LogP contribution in [0, 0.1) is 0 Å². The number of anilines is 3. The van der Waals surface area contributed by atoms with Crippen LogP contribution in [0.25, 0.3) is 17.1 Å². The van der Waals surface area contributed by atoms with Crippen LogP contribution in [0.3, 0.4) is 0 Å². The van der Waals surface area contributed by atoms with Crippen molar-refractivity contribution in [3.8, 4) is 17.1 Å². The number of nitrogen functional groups attached to an aromatic ring is 1. The van der Waals surface area contributed by atoms with Crippen LogP contribution in [0.15, 0.2) is 48.5 Å². The number of benzene rings is 2. The Hall–Kier alpha value is -3.78. The number of aromatic nitrogens is 5. The zero-order valence-corrected chi connectivity index (χ0v) is 21.7. The lowest BCUT2D eigenvalue weighted by Crippen LogP contribution is -2.32. The Morgan fingerprint density at radius 3 is 2.55 bits per heavy atom. The third-order valence-electron chi connectivity index (χ3n) is 8.52. The van der Waals surface area contributed by atoms with Gasteiger partial charge < -0.3 is 16.0 Å². The van der Waals surface area contributed by atoms with E-state index in [0.717, 1.165) is 43.5 Å². The van der Waals surface area contributed by atoms with E-state index >= 15 is 0 Å². The summed E-state index contributed by atoms with van der Waals surface area (Å²) >= 11 is 0. The molecule has 0 radical (unpaired) electrons. The van der Waals surface area contributed by atoms with Crippen molar-refractivity contribution in [1.29, 1.82) is 0 Å². The summed E-state index contributed by atoms with van der Waals surface area (Å²) in [6.07, 6.45) is 10.4. The quantitative estimate of drug-likeness (QED) is 0.381. The molecule has 1 saturated heterocycles. The van der Waals surface area contributed by atoms with Gasteiger partial charge in [0.2, 0.25) is 11.9 Å². The Kier molecular flexibility index (Phi) is 6.04. The van der Waals surface area contributed by atoms with Crippen LogP contribution >= 0.6 is 0 Å². The lowest BCUT2D eigenvalue weighted by atomic mass is 10.0. The zero-order chi connectivity index (χ0) is 25.5. The molecule has 4 aromatic rings. The number of nitrogens with two attached hydrogens (primary N) is 1. The first-order valence-electron chi connectivity index (χ1n) is 14.0. The number of hydrogen-bond donors (Lipinski definition) is 2. The van der Waals surface area contributed by atoms with Crippen molar-refractivity contribution in [1.82, 2.24) is 29.9 Å². The highest BCUT2D eigenvalue weighted by Crippen LogP contribution is 2.33. The number of fused-ring (bicyclic) bond motifs is 4. The molecular weight excluding hydrogens is 472 g/mol. The van der Waals surface area contributed by atoms with Gasteiger partial charge in [-0.15, -0.1) is 15.3 Å². The van der Waals surface area contributed by atoms with Crippen molar-refractivity contribution < 1.29 is 0 Å². The first kappa shape index (κ1) is 23.3. The fourth-order valence-corrected chi connectivity index (χ4v) is 6.57. The van der Waals surface area contributed by atoms with Gasteiger partial charge in [-0.25, -0.2) is 0 Å². The molecule has 1 unspecified atom stereocenters. The number of nitrogens with zero attached hydrogens (tertiary/aromatic N) is 6. The van der Waals surface area contributed by atoms with E-state index in [1.54, 1.807) is 4.68 Å². The standard InChI is InChI=1S/C30H34N8/c31-29-33-30(32-26-12-6-9-21-13-14-23(15-16-24(21)26)37-17-3-4-18-37)36-38(29)27-19-22-10-5-8-20-7-1-2-11-25(20)28(22)35-34-27/h1-2,6-7,9,11-12,19,23H,3-5,8,10,13-18H2,(H3,31,32,33,36). The lowest BCUT2D eigenvalue weighted by Gasteiger charge is -2.26. The summed E-state index contributed by atoms with van der Waals surface area (Å²) in [5.74, 6) is 1.38. The largest absolute Gasteiger partial charge is 0.368 e. The van der Waals surface area contributed by atoms with E-state index in [4.69, 9.17) is 10.8 Å². The predicted molar refractivity (Wildman–Crippen MR) is 150 cm³/mol. The molecular formula is C30H34N8. The van der Waals surface area contributed by atoms with E-state index in [9.17, 15) is 0 Å². The molecule has 8 nitrogen and oxygen atoms in total. The normalized spacial score (nSPS) is 19.2. The van der Waals surface area contributed by atoms with Crippen molar-refractivity contribution in [3.63, 3.8) is 0 Å². The van der Waals surface area contributed by atoms with Gasteiger partial charge in [0.1, 0.15) is 0 Å². The highest BCUT2D eigenvalue weighted by atomic mass is 15.4. The Morgan fingerprint density at radius 1 is 0.816 bits per heavy atom. The summed E-state index contributed by atoms with van der Waals surface area (Å²) in [7, 11) is 0. The monoisotopic (exact) mass is 506 g/mol. The van der Waals surface area contributed by atoms with Gasteiger partial charge in [0.05, 0.1) is 5.69 Å². The Balaban J connectivity index is 1.14. The van der Waals surface area contributed by atoms with Crippen LogP contribution in [-0.2, 0) is 25.7 Å². The number of hydrogen-bond acceptors (Lipinski definition) is 7. The summed E-state index contributed by atoms with van der Waals surface area (Å²) in [6, 6.07) is 17.8. The zero-order valence-electron chi connectivity index (χ0n) is 21.7. The molecule has 0 spiro atoms. The molecule has 8 heteroatoms. The van der Waals surface area contributed by atoms with Crippen LogP contribution in [0.5, 0.6) is 0 Å². The Labute approximate surface area is 223 Å². The predicted octanol–water partition coefficient (Wildman–Crippen LogP) is 4.88. The van der Waals surface area contributed by atoms with Crippen molar-refractivity contribution in [2.45, 2.75) is 63.8 Å². The molecule has 7 rings (SSSR count). The van der Waals surface area contributed by atoms with Crippen LogP contribution in [0.2, 0.25) is 0 Å². The minimum Gasteiger partial charge on any atom is -0.368 e. The third-order valence-corrected chi connectivity index (χ3v) is 8.52. The molecule has 2 aromatic heterocycles. The van der Waals surface area contributed by atoms with Gasteiger partial charge >= 0.3 is 0 Å². The van der Waals surface area contributed by atoms with E-state index in [-0.39, 0.29) is 0 Å². The average molecular weight is 507 g/mol. The van der Waals surface area contributed by atoms with Crippen LogP contribution in [0.4, 0.5) is 17.6 Å². The second-order valence-corrected chi connectivity index (χ2v) is 10.8. The number of nitrogens with one attached hydrogen (secondary N) is 1. The van der Waals surface area contributed by atoms with Gasteiger partial charge in [0.15, 0.2) is 5.82 Å². The summed E-state index contributed by atoms with van der Waals surface area (Å²) in [5, 5.41) is 17.3. The number of likely N-dealkylation sites (tertiary alicyclic amines) is 1. The molecule has 2 aliphatic carbocycles. The topological polar surface area (TPSA) is 97.8 Å². The molecule has 0 amide bonds. The maximum absolute atomic E-state index is 6.34. The van der Waals surface area contributed by atoms with Crippen molar-refractivity contribution >= 4 is 17.6 Å². The number of aryl methyl sites for hydroxylation is 3. The van der Waals surface area contributed by atoms with Crippen molar-refractivity contribution in [2.24, 2.45) is 0 Å². The highest BCUT2D eigenvalue weighted by molar-refractivity contribution is 5.68. The minimum atomic E-state index is 0.298. The van der Waals surface area contributed by atoms with Gasteiger partial charge in [0, 0.05) is 17.3 Å². The molecule has 2 aromatic carbocycles. The van der Waals surface area contributed by atoms with E-state index in [1.165, 1.54) is 66.6 Å². The van der Waals surface area contributed by atoms with Crippen LogP contribution in [-0.4, -0.2) is 49.0 Å². The molecule has 3 N–H and O–H groups in total. The SMILES string of the molecule is Nc1nc(Nc2cccc3c2CCC(N2CCCC2)CC3)nn1-c1cc2c(nn1)-c1ccccc1CCC2. The Bertz CT molecular complexity index is 1470. The first-order chi connectivity index (χ1) is 18.7. The summed E-state index contributed by atoms with van der Waals surface area (Å²) in [4.78, 5) is 7.24. The number of rotatable bonds is 4. The molecule has 1 fully saturated rings. The maximum Gasteiger partial charge on any atom is 0.248 e. The maximum atomic E-state index is 6.34. The van der Waals surface area contributed by atoms with Gasteiger partial charge in [-0.1, -0.05) is 36.4 Å². The summed E-state index contributed by atoms with van der Waals surface area (Å²) < 4.78 is 1.59. The smallest absolute Gasteiger partial charge is 0.248 e. The first-order valence-corrected chi connectivity index (χ1v) is 14.0. The molecule has 38 heavy (non-hydrogen) atoms. The molecule has 0 saturated carbocycles. The van der Waals surface area contributed by atoms with Crippen molar-refractivity contribution in [3.05, 3.63) is 70.8 Å².